The predicted molar refractivity (Wildman–Crippen MR) is 81.4 cm³/mol. The second-order valence-corrected chi connectivity index (χ2v) is 6.07. The Morgan fingerprint density at radius 3 is 2.43 bits per heavy atom. The monoisotopic (exact) mass is 329 g/mol. The van der Waals surface area contributed by atoms with E-state index in [9.17, 15) is 8.42 Å². The smallest absolute Gasteiger partial charge is 0.264 e. The summed E-state index contributed by atoms with van der Waals surface area (Å²) in [6.45, 7) is 1.67. The molecule has 1 aromatic heterocycles. The van der Waals surface area contributed by atoms with Gasteiger partial charge in [-0.25, -0.2) is 13.1 Å². The van der Waals surface area contributed by atoms with Gasteiger partial charge in [0.25, 0.3) is 10.0 Å². The fourth-order valence-electron chi connectivity index (χ4n) is 1.58. The zero-order valence-electron chi connectivity index (χ0n) is 11.9. The molecule has 0 aliphatic carbocycles. The van der Waals surface area contributed by atoms with Gasteiger partial charge in [0.2, 0.25) is 5.88 Å². The first-order valence-corrected chi connectivity index (χ1v) is 7.76. The second-order valence-electron chi connectivity index (χ2n) is 4.39. The molecule has 116 valence electrons. The topological polar surface area (TPSA) is 132 Å². The lowest BCUT2D eigenvalue weighted by atomic mass is 10.3. The number of nitrogens with one attached hydrogen (secondary N) is 2. The van der Waals surface area contributed by atoms with Crippen LogP contribution in [-0.2, 0) is 10.0 Å². The third kappa shape index (κ3) is 4.09. The van der Waals surface area contributed by atoms with Gasteiger partial charge in [-0.3, -0.25) is 0 Å². The van der Waals surface area contributed by atoms with E-state index < -0.39 is 10.0 Å². The molecular formula is C14H11N5O3S. The highest BCUT2D eigenvalue weighted by molar-refractivity contribution is 7.92. The van der Waals surface area contributed by atoms with E-state index in [1.165, 1.54) is 36.5 Å². The highest BCUT2D eigenvalue weighted by atomic mass is 32.2. The molecular weight excluding hydrogens is 318 g/mol. The van der Waals surface area contributed by atoms with Gasteiger partial charge in [-0.15, -0.1) is 0 Å². The number of aromatic nitrogens is 1. The highest BCUT2D eigenvalue weighted by Gasteiger charge is 2.16. The molecule has 8 nitrogen and oxygen atoms in total. The summed E-state index contributed by atoms with van der Waals surface area (Å²) in [6.07, 6.45) is 1.24. The Bertz CT molecular complexity index is 899. The number of rotatable bonds is 5. The number of benzene rings is 1. The van der Waals surface area contributed by atoms with Crippen molar-refractivity contribution in [1.82, 2.24) is 5.16 Å². The van der Waals surface area contributed by atoms with E-state index in [0.717, 1.165) is 0 Å². The van der Waals surface area contributed by atoms with Crippen LogP contribution < -0.4 is 10.0 Å². The van der Waals surface area contributed by atoms with E-state index >= 15 is 0 Å². The minimum atomic E-state index is -3.79. The molecule has 2 aromatic rings. The lowest BCUT2D eigenvalue weighted by molar-refractivity contribution is 0.430. The van der Waals surface area contributed by atoms with E-state index in [4.69, 9.17) is 15.0 Å². The summed E-state index contributed by atoms with van der Waals surface area (Å²) in [6, 6.07) is 10.6. The van der Waals surface area contributed by atoms with Crippen molar-refractivity contribution in [3.8, 4) is 12.1 Å². The molecule has 1 heterocycles. The maximum absolute atomic E-state index is 12.2. The molecule has 0 amide bonds. The number of nitriles is 2. The summed E-state index contributed by atoms with van der Waals surface area (Å²) < 4.78 is 31.4. The van der Waals surface area contributed by atoms with Gasteiger partial charge in [-0.2, -0.15) is 10.5 Å². The van der Waals surface area contributed by atoms with Crippen molar-refractivity contribution < 1.29 is 12.9 Å². The molecule has 0 radical (unpaired) electrons. The average Bonchev–Trinajstić information content (AvgIpc) is 2.93. The molecule has 0 aliphatic heterocycles. The van der Waals surface area contributed by atoms with Crippen molar-refractivity contribution in [3.05, 3.63) is 47.8 Å². The Morgan fingerprint density at radius 2 is 1.91 bits per heavy atom. The average molecular weight is 329 g/mol. The van der Waals surface area contributed by atoms with Crippen molar-refractivity contribution >= 4 is 21.6 Å². The van der Waals surface area contributed by atoms with Gasteiger partial charge < -0.3 is 9.84 Å². The normalized spacial score (nSPS) is 10.2. The zero-order chi connectivity index (χ0) is 16.9. The number of allylic oxidation sites excluding steroid dienone is 1. The van der Waals surface area contributed by atoms with Crippen LogP contribution in [0.2, 0.25) is 0 Å². The molecule has 9 heteroatoms. The molecule has 23 heavy (non-hydrogen) atoms. The maximum Gasteiger partial charge on any atom is 0.264 e. The molecule has 2 N–H and O–H groups in total. The van der Waals surface area contributed by atoms with Crippen LogP contribution in [0.5, 0.6) is 0 Å². The summed E-state index contributed by atoms with van der Waals surface area (Å²) >= 11 is 0. The number of anilines is 2. The third-order valence-electron chi connectivity index (χ3n) is 2.65. The molecule has 0 bridgehead atoms. The van der Waals surface area contributed by atoms with E-state index in [-0.39, 0.29) is 16.4 Å². The summed E-state index contributed by atoms with van der Waals surface area (Å²) in [5, 5.41) is 23.6. The number of hydrogen-bond acceptors (Lipinski definition) is 7. The Hall–Kier alpha value is -3.30. The third-order valence-corrected chi connectivity index (χ3v) is 4.01. The Morgan fingerprint density at radius 1 is 1.26 bits per heavy atom. The van der Waals surface area contributed by atoms with Gasteiger partial charge in [-0.1, -0.05) is 5.16 Å². The first kappa shape index (κ1) is 16.1. The molecule has 1 aromatic carbocycles. The quantitative estimate of drug-likeness (QED) is 0.803. The molecule has 0 saturated heterocycles. The van der Waals surface area contributed by atoms with Crippen LogP contribution in [0.4, 0.5) is 11.6 Å². The molecule has 0 spiro atoms. The first-order valence-electron chi connectivity index (χ1n) is 6.28. The SMILES string of the molecule is Cc1cc(NS(=O)(=O)c2ccc(NC=C(C#N)C#N)cc2)on1. The van der Waals surface area contributed by atoms with E-state index in [1.54, 1.807) is 19.1 Å². The van der Waals surface area contributed by atoms with Gasteiger partial charge in [0.15, 0.2) is 0 Å². The lowest BCUT2D eigenvalue weighted by Gasteiger charge is -2.06. The van der Waals surface area contributed by atoms with Crippen molar-refractivity contribution in [2.75, 3.05) is 10.0 Å². The van der Waals surface area contributed by atoms with Crippen LogP contribution in [0.15, 0.2) is 51.5 Å². The number of sulfonamides is 1. The summed E-state index contributed by atoms with van der Waals surface area (Å²) in [5.74, 6) is 0.0281. The van der Waals surface area contributed by atoms with Crippen LogP contribution in [0.3, 0.4) is 0 Å². The fraction of sp³-hybridized carbons (Fsp3) is 0.0714. The van der Waals surface area contributed by atoms with Crippen molar-refractivity contribution in [2.45, 2.75) is 11.8 Å². The van der Waals surface area contributed by atoms with Crippen LogP contribution in [0.25, 0.3) is 0 Å². The van der Waals surface area contributed by atoms with E-state index in [2.05, 4.69) is 15.2 Å². The fourth-order valence-corrected chi connectivity index (χ4v) is 2.55. The predicted octanol–water partition coefficient (Wildman–Crippen LogP) is 2.13. The van der Waals surface area contributed by atoms with Crippen LogP contribution in [0, 0.1) is 29.6 Å². The van der Waals surface area contributed by atoms with Crippen molar-refractivity contribution in [1.29, 1.82) is 10.5 Å². The van der Waals surface area contributed by atoms with Gasteiger partial charge in [0.05, 0.1) is 10.6 Å². The summed E-state index contributed by atoms with van der Waals surface area (Å²) in [4.78, 5) is 0.0295. The molecule has 0 unspecified atom stereocenters. The molecule has 2 rings (SSSR count). The van der Waals surface area contributed by atoms with E-state index in [0.29, 0.717) is 11.4 Å². The van der Waals surface area contributed by atoms with Gasteiger partial charge in [-0.05, 0) is 31.2 Å². The Labute approximate surface area is 132 Å². The molecule has 0 aliphatic rings. The standard InChI is InChI=1S/C14H11N5O3S/c1-10-6-14(22-18-10)19-23(20,21)13-4-2-12(3-5-13)17-9-11(7-15)8-16/h2-6,9,17,19H,1H3. The van der Waals surface area contributed by atoms with Crippen LogP contribution in [-0.4, -0.2) is 13.6 Å². The van der Waals surface area contributed by atoms with Crippen molar-refractivity contribution in [2.24, 2.45) is 0 Å². The molecule has 0 fully saturated rings. The van der Waals surface area contributed by atoms with Crippen molar-refractivity contribution in [3.63, 3.8) is 0 Å². The van der Waals surface area contributed by atoms with Crippen LogP contribution >= 0.6 is 0 Å². The lowest BCUT2D eigenvalue weighted by Crippen LogP contribution is -2.12. The largest absolute Gasteiger partial charge is 0.360 e. The zero-order valence-corrected chi connectivity index (χ0v) is 12.8. The van der Waals surface area contributed by atoms with Gasteiger partial charge in [0.1, 0.15) is 17.7 Å². The maximum atomic E-state index is 12.2. The Kier molecular flexibility index (Phi) is 4.64. The van der Waals surface area contributed by atoms with Crippen LogP contribution in [0.1, 0.15) is 5.69 Å². The molecule has 0 saturated carbocycles. The second kappa shape index (κ2) is 6.64. The minimum Gasteiger partial charge on any atom is -0.360 e. The Balaban J connectivity index is 2.14. The highest BCUT2D eigenvalue weighted by Crippen LogP contribution is 2.18. The molecule has 0 atom stereocenters. The van der Waals surface area contributed by atoms with Gasteiger partial charge >= 0.3 is 0 Å². The van der Waals surface area contributed by atoms with E-state index in [1.807, 2.05) is 0 Å². The summed E-state index contributed by atoms with van der Waals surface area (Å²) in [5.41, 5.74) is 0.992. The number of hydrogen-bond donors (Lipinski definition) is 2. The number of nitrogens with zero attached hydrogens (tertiary/aromatic N) is 3. The number of aryl methyl sites for hydroxylation is 1. The minimum absolute atomic E-state index is 0.0281. The summed E-state index contributed by atoms with van der Waals surface area (Å²) in [7, 11) is -3.79. The first-order chi connectivity index (χ1) is 10.9. The van der Waals surface area contributed by atoms with Gasteiger partial charge in [0, 0.05) is 18.0 Å².